The van der Waals surface area contributed by atoms with Gasteiger partial charge in [-0.05, 0) is 97.8 Å². The lowest BCUT2D eigenvalue weighted by Crippen LogP contribution is -2.18. The minimum atomic E-state index is -0.0747. The molecule has 0 radical (unpaired) electrons. The van der Waals surface area contributed by atoms with E-state index in [1.54, 1.807) is 6.07 Å². The summed E-state index contributed by atoms with van der Waals surface area (Å²) >= 11 is 0. The van der Waals surface area contributed by atoms with Crippen LogP contribution in [0.3, 0.4) is 0 Å². The van der Waals surface area contributed by atoms with Crippen LogP contribution in [-0.2, 0) is 11.2 Å². The molecule has 0 bridgehead atoms. The van der Waals surface area contributed by atoms with Crippen LogP contribution in [0.25, 0.3) is 11.1 Å². The normalized spacial score (nSPS) is 24.3. The highest BCUT2D eigenvalue weighted by Gasteiger charge is 2.22. The minimum Gasteiger partial charge on any atom is -0.384 e. The molecule has 2 fully saturated rings. The van der Waals surface area contributed by atoms with E-state index in [2.05, 4.69) is 37.3 Å². The number of unbranched alkanes of at least 4 members (excludes halogenated alkanes) is 3. The Balaban J connectivity index is 1.20. The lowest BCUT2D eigenvalue weighted by molar-refractivity contribution is 0.117. The van der Waals surface area contributed by atoms with Gasteiger partial charge in [-0.3, -0.25) is 0 Å². The van der Waals surface area contributed by atoms with Crippen LogP contribution >= 0.6 is 0 Å². The average Bonchev–Trinajstić information content (AvgIpc) is 2.93. The monoisotopic (exact) mass is 506 g/mol. The molecule has 0 saturated heterocycles. The van der Waals surface area contributed by atoms with Crippen LogP contribution in [-0.4, -0.2) is 13.7 Å². The van der Waals surface area contributed by atoms with Gasteiger partial charge in [-0.2, -0.15) is 0 Å². The van der Waals surface area contributed by atoms with E-state index >= 15 is 4.39 Å². The minimum absolute atomic E-state index is 0.0747. The van der Waals surface area contributed by atoms with Crippen LogP contribution in [0, 0.1) is 23.6 Å². The predicted octanol–water partition coefficient (Wildman–Crippen LogP) is 10.5. The van der Waals surface area contributed by atoms with Gasteiger partial charge >= 0.3 is 0 Å². The molecule has 1 nitrogen and oxygen atoms in total. The van der Waals surface area contributed by atoms with Crippen molar-refractivity contribution in [1.82, 2.24) is 0 Å². The number of aryl methyl sites for hydroxylation is 1. The van der Waals surface area contributed by atoms with Crippen molar-refractivity contribution in [2.24, 2.45) is 17.8 Å². The van der Waals surface area contributed by atoms with Gasteiger partial charge in [0.2, 0.25) is 0 Å². The Hall–Kier alpha value is -1.67. The Kier molecular flexibility index (Phi) is 11.5. The predicted molar refractivity (Wildman–Crippen MR) is 156 cm³/mol. The van der Waals surface area contributed by atoms with Crippen LogP contribution in [0.2, 0.25) is 0 Å². The largest absolute Gasteiger partial charge is 0.384 e. The molecular weight excluding hydrogens is 455 g/mol. The molecular formula is C35H51FO. The second-order valence-electron chi connectivity index (χ2n) is 12.2. The molecule has 0 N–H and O–H groups in total. The molecule has 204 valence electrons. The third-order valence-corrected chi connectivity index (χ3v) is 9.49. The van der Waals surface area contributed by atoms with Crippen molar-refractivity contribution in [2.45, 2.75) is 116 Å². The molecule has 0 aliphatic heterocycles. The third-order valence-electron chi connectivity index (χ3n) is 9.49. The Morgan fingerprint density at radius 3 is 1.97 bits per heavy atom. The highest BCUT2D eigenvalue weighted by atomic mass is 19.1. The Labute approximate surface area is 226 Å². The summed E-state index contributed by atoms with van der Waals surface area (Å²) in [5, 5.41) is 0. The summed E-state index contributed by atoms with van der Waals surface area (Å²) in [5.41, 5.74) is 4.32. The standard InChI is InChI=1S/C35H51FO/c1-3-4-5-8-28-15-18-31(19-16-28)32-20-22-33(23-21-32)34-24-17-29(25-35(34)36)10-7-6-9-27-11-13-30(14-12-27)26-37-2/h17,20-25,27-28,30-31H,3-16,18-19,26H2,1-2H3. The van der Waals surface area contributed by atoms with Gasteiger partial charge in [-0.25, -0.2) is 4.39 Å². The number of ether oxygens (including phenoxy) is 1. The molecule has 4 rings (SSSR count). The molecule has 2 aromatic carbocycles. The molecule has 2 aliphatic carbocycles. The van der Waals surface area contributed by atoms with E-state index in [1.165, 1.54) is 95.5 Å². The molecule has 2 saturated carbocycles. The average molecular weight is 507 g/mol. The highest BCUT2D eigenvalue weighted by Crippen LogP contribution is 2.38. The van der Waals surface area contributed by atoms with Crippen molar-refractivity contribution >= 4 is 0 Å². The maximum Gasteiger partial charge on any atom is 0.131 e. The zero-order valence-corrected chi connectivity index (χ0v) is 23.7. The van der Waals surface area contributed by atoms with Gasteiger partial charge < -0.3 is 4.74 Å². The van der Waals surface area contributed by atoms with E-state index in [9.17, 15) is 0 Å². The summed E-state index contributed by atoms with van der Waals surface area (Å²) in [5.74, 6) is 3.21. The van der Waals surface area contributed by atoms with E-state index in [4.69, 9.17) is 4.74 Å². The molecule has 2 aromatic rings. The van der Waals surface area contributed by atoms with Crippen LogP contribution < -0.4 is 0 Å². The van der Waals surface area contributed by atoms with Crippen molar-refractivity contribution in [3.8, 4) is 11.1 Å². The maximum atomic E-state index is 15.1. The van der Waals surface area contributed by atoms with Gasteiger partial charge in [0.15, 0.2) is 0 Å². The Bertz CT molecular complexity index is 903. The molecule has 0 amide bonds. The first-order valence-corrected chi connectivity index (χ1v) is 15.5. The van der Waals surface area contributed by atoms with Crippen LogP contribution in [0.4, 0.5) is 4.39 Å². The molecule has 0 heterocycles. The fraction of sp³-hybridized carbons (Fsp3) is 0.657. The van der Waals surface area contributed by atoms with Gasteiger partial charge in [0, 0.05) is 19.3 Å². The number of rotatable bonds is 13. The molecule has 37 heavy (non-hydrogen) atoms. The molecule has 0 atom stereocenters. The number of hydrogen-bond acceptors (Lipinski definition) is 1. The fourth-order valence-electron chi connectivity index (χ4n) is 7.04. The molecule has 2 heteroatoms. The summed E-state index contributed by atoms with van der Waals surface area (Å²) in [7, 11) is 1.82. The maximum absolute atomic E-state index is 15.1. The van der Waals surface area contributed by atoms with Gasteiger partial charge in [-0.15, -0.1) is 0 Å². The fourth-order valence-corrected chi connectivity index (χ4v) is 7.04. The third kappa shape index (κ3) is 8.67. The van der Waals surface area contributed by atoms with Crippen molar-refractivity contribution in [3.63, 3.8) is 0 Å². The Morgan fingerprint density at radius 1 is 0.730 bits per heavy atom. The number of methoxy groups -OCH3 is 1. The van der Waals surface area contributed by atoms with Gasteiger partial charge in [-0.1, -0.05) is 94.7 Å². The smallest absolute Gasteiger partial charge is 0.131 e. The van der Waals surface area contributed by atoms with Crippen LogP contribution in [0.15, 0.2) is 42.5 Å². The molecule has 0 unspecified atom stereocenters. The summed E-state index contributed by atoms with van der Waals surface area (Å²) in [6.45, 7) is 3.22. The van der Waals surface area contributed by atoms with Crippen molar-refractivity contribution in [3.05, 3.63) is 59.4 Å². The second-order valence-corrected chi connectivity index (χ2v) is 12.2. The summed E-state index contributed by atoms with van der Waals surface area (Å²) < 4.78 is 20.4. The summed E-state index contributed by atoms with van der Waals surface area (Å²) in [4.78, 5) is 0. The van der Waals surface area contributed by atoms with Crippen LogP contribution in [0.5, 0.6) is 0 Å². The van der Waals surface area contributed by atoms with Gasteiger partial charge in [0.1, 0.15) is 5.82 Å². The molecule has 0 aromatic heterocycles. The second kappa shape index (κ2) is 15.1. The lowest BCUT2D eigenvalue weighted by atomic mass is 9.77. The van der Waals surface area contributed by atoms with E-state index < -0.39 is 0 Å². The number of halogens is 1. The van der Waals surface area contributed by atoms with Crippen molar-refractivity contribution in [2.75, 3.05) is 13.7 Å². The van der Waals surface area contributed by atoms with Crippen molar-refractivity contribution in [1.29, 1.82) is 0 Å². The number of hydrogen-bond donors (Lipinski definition) is 0. The summed E-state index contributed by atoms with van der Waals surface area (Å²) in [6.07, 6.45) is 21.0. The van der Waals surface area contributed by atoms with Crippen LogP contribution in [0.1, 0.15) is 120 Å². The zero-order valence-electron chi connectivity index (χ0n) is 23.7. The highest BCUT2D eigenvalue weighted by molar-refractivity contribution is 5.65. The number of benzene rings is 2. The first-order valence-electron chi connectivity index (χ1n) is 15.5. The first kappa shape index (κ1) is 28.3. The van der Waals surface area contributed by atoms with E-state index in [0.717, 1.165) is 53.9 Å². The SMILES string of the molecule is CCCCCC1CCC(c2ccc(-c3ccc(CCCCC4CCC(COC)CC4)cc3F)cc2)CC1. The van der Waals surface area contributed by atoms with Gasteiger partial charge in [0.25, 0.3) is 0 Å². The van der Waals surface area contributed by atoms with E-state index in [1.807, 2.05) is 13.2 Å². The topological polar surface area (TPSA) is 9.23 Å². The Morgan fingerprint density at radius 2 is 1.35 bits per heavy atom. The van der Waals surface area contributed by atoms with E-state index in [0.29, 0.717) is 5.92 Å². The summed E-state index contributed by atoms with van der Waals surface area (Å²) in [6, 6.07) is 14.7. The zero-order chi connectivity index (χ0) is 25.9. The van der Waals surface area contributed by atoms with Crippen molar-refractivity contribution < 1.29 is 9.13 Å². The quantitative estimate of drug-likeness (QED) is 0.245. The lowest BCUT2D eigenvalue weighted by Gasteiger charge is -2.29. The molecule has 2 aliphatic rings. The van der Waals surface area contributed by atoms with Gasteiger partial charge in [0.05, 0.1) is 0 Å². The van der Waals surface area contributed by atoms with E-state index in [-0.39, 0.29) is 5.82 Å². The molecule has 0 spiro atoms. The first-order chi connectivity index (χ1) is 18.2.